The van der Waals surface area contributed by atoms with Gasteiger partial charge in [-0.25, -0.2) is 0 Å². The van der Waals surface area contributed by atoms with Crippen LogP contribution in [-0.2, 0) is 16.0 Å². The first-order valence-electron chi connectivity index (χ1n) is 6.17. The highest BCUT2D eigenvalue weighted by Gasteiger charge is 2.32. The summed E-state index contributed by atoms with van der Waals surface area (Å²) in [5, 5.41) is 8.63. The highest BCUT2D eigenvalue weighted by Crippen LogP contribution is 2.14. The van der Waals surface area contributed by atoms with Crippen molar-refractivity contribution in [2.24, 2.45) is 11.5 Å². The minimum absolute atomic E-state index is 0. The molecule has 5 nitrogen and oxygen atoms in total. The smallest absolute Gasteiger partial charge is 0.303 e. The Bertz CT molecular complexity index is 449. The first-order chi connectivity index (χ1) is 8.83. The lowest BCUT2D eigenvalue weighted by molar-refractivity contribution is -0.137. The Balaban J connectivity index is 0.00000361. The van der Waals surface area contributed by atoms with Gasteiger partial charge in [-0.15, -0.1) is 12.4 Å². The van der Waals surface area contributed by atoms with Crippen molar-refractivity contribution in [2.75, 3.05) is 0 Å². The average molecular weight is 301 g/mol. The molecule has 1 rings (SSSR count). The molecule has 0 aliphatic carbocycles. The van der Waals surface area contributed by atoms with Crippen molar-refractivity contribution in [3.8, 4) is 0 Å². The number of Topliss-reactive ketones (excluding diaryl/α,β-unsaturated/α-hetero) is 1. The van der Waals surface area contributed by atoms with E-state index in [1.165, 1.54) is 6.92 Å². The molecule has 0 saturated heterocycles. The van der Waals surface area contributed by atoms with Gasteiger partial charge in [-0.05, 0) is 25.3 Å². The molecule has 0 amide bonds. The van der Waals surface area contributed by atoms with Gasteiger partial charge in [0.2, 0.25) is 0 Å². The summed E-state index contributed by atoms with van der Waals surface area (Å²) >= 11 is 0. The summed E-state index contributed by atoms with van der Waals surface area (Å²) in [6.45, 7) is 1.53. The fourth-order valence-electron chi connectivity index (χ4n) is 1.87. The van der Waals surface area contributed by atoms with Crippen molar-refractivity contribution in [1.82, 2.24) is 0 Å². The number of carbonyl (C=O) groups is 2. The Kier molecular flexibility index (Phi) is 7.42. The number of hydrogen-bond acceptors (Lipinski definition) is 4. The summed E-state index contributed by atoms with van der Waals surface area (Å²) in [4.78, 5) is 22.7. The highest BCUT2D eigenvalue weighted by molar-refractivity contribution is 5.92. The van der Waals surface area contributed by atoms with Gasteiger partial charge in [0.15, 0.2) is 5.78 Å². The highest BCUT2D eigenvalue weighted by atomic mass is 35.5. The first kappa shape index (κ1) is 18.6. The van der Waals surface area contributed by atoms with Crippen molar-refractivity contribution < 1.29 is 14.7 Å². The van der Waals surface area contributed by atoms with Crippen molar-refractivity contribution >= 4 is 24.2 Å². The van der Waals surface area contributed by atoms with E-state index in [0.717, 1.165) is 5.56 Å². The van der Waals surface area contributed by atoms with Crippen LogP contribution in [0.3, 0.4) is 0 Å². The Morgan fingerprint density at radius 2 is 1.85 bits per heavy atom. The minimum atomic E-state index is -1.20. The molecule has 1 unspecified atom stereocenters. The molecule has 1 aromatic rings. The minimum Gasteiger partial charge on any atom is -0.481 e. The summed E-state index contributed by atoms with van der Waals surface area (Å²) in [6, 6.07) is 8.69. The van der Waals surface area contributed by atoms with Crippen molar-refractivity contribution in [2.45, 2.75) is 37.8 Å². The van der Waals surface area contributed by atoms with Gasteiger partial charge in [-0.1, -0.05) is 30.3 Å². The molecule has 0 aromatic heterocycles. The maximum absolute atomic E-state index is 12.1. The molecule has 0 aliphatic rings. The van der Waals surface area contributed by atoms with Crippen molar-refractivity contribution in [3.05, 3.63) is 35.9 Å². The van der Waals surface area contributed by atoms with Gasteiger partial charge < -0.3 is 16.6 Å². The number of hydrogen-bond donors (Lipinski definition) is 3. The number of carbonyl (C=O) groups excluding carboxylic acids is 1. The van der Waals surface area contributed by atoms with Crippen LogP contribution >= 0.6 is 12.4 Å². The molecule has 112 valence electrons. The fourth-order valence-corrected chi connectivity index (χ4v) is 1.87. The fraction of sp³-hybridized carbons (Fsp3) is 0.429. The third kappa shape index (κ3) is 5.69. The van der Waals surface area contributed by atoms with Gasteiger partial charge in [0.25, 0.3) is 0 Å². The van der Waals surface area contributed by atoms with Crippen LogP contribution in [0.5, 0.6) is 0 Å². The number of nitrogens with two attached hydrogens (primary N) is 2. The Morgan fingerprint density at radius 1 is 1.30 bits per heavy atom. The van der Waals surface area contributed by atoms with Crippen LogP contribution in [-0.4, -0.2) is 28.4 Å². The maximum atomic E-state index is 12.1. The SMILES string of the molecule is CC(N)(CCC(=O)O)C(=O)[C@@H](N)Cc1ccccc1.Cl. The number of ketones is 1. The lowest BCUT2D eigenvalue weighted by Crippen LogP contribution is -2.53. The summed E-state index contributed by atoms with van der Waals surface area (Å²) in [5.74, 6) is -1.28. The zero-order chi connectivity index (χ0) is 14.5. The van der Waals surface area contributed by atoms with Crippen molar-refractivity contribution in [1.29, 1.82) is 0 Å². The second-order valence-electron chi connectivity index (χ2n) is 4.97. The molecule has 20 heavy (non-hydrogen) atoms. The van der Waals surface area contributed by atoms with Gasteiger partial charge in [0, 0.05) is 6.42 Å². The number of carboxylic acid groups (broad SMARTS) is 1. The molecule has 0 fully saturated rings. The monoisotopic (exact) mass is 300 g/mol. The van der Waals surface area contributed by atoms with Crippen LogP contribution < -0.4 is 11.5 Å². The van der Waals surface area contributed by atoms with Gasteiger partial charge in [0.1, 0.15) is 0 Å². The van der Waals surface area contributed by atoms with Crippen LogP contribution in [0.2, 0.25) is 0 Å². The van der Waals surface area contributed by atoms with Crippen LogP contribution in [0.1, 0.15) is 25.3 Å². The molecule has 0 bridgehead atoms. The van der Waals surface area contributed by atoms with Crippen LogP contribution in [0.25, 0.3) is 0 Å². The lowest BCUT2D eigenvalue weighted by Gasteiger charge is -2.25. The molecule has 2 atom stereocenters. The lowest BCUT2D eigenvalue weighted by atomic mass is 9.86. The Hall–Kier alpha value is -1.43. The van der Waals surface area contributed by atoms with E-state index in [0.29, 0.717) is 6.42 Å². The normalized spacial score (nSPS) is 14.8. The topological polar surface area (TPSA) is 106 Å². The quantitative estimate of drug-likeness (QED) is 0.700. The summed E-state index contributed by atoms with van der Waals surface area (Å²) < 4.78 is 0. The summed E-state index contributed by atoms with van der Waals surface area (Å²) in [7, 11) is 0. The molecular weight excluding hydrogens is 280 g/mol. The van der Waals surface area contributed by atoms with E-state index >= 15 is 0 Å². The van der Waals surface area contributed by atoms with Crippen LogP contribution in [0.15, 0.2) is 30.3 Å². The molecule has 0 spiro atoms. The maximum Gasteiger partial charge on any atom is 0.303 e. The number of halogens is 1. The molecule has 1 aromatic carbocycles. The standard InChI is InChI=1S/C14H20N2O3.ClH/c1-14(16,8-7-12(17)18)13(19)11(15)9-10-5-3-2-4-6-10;/h2-6,11H,7-9,15-16H2,1H3,(H,17,18);1H/t11-,14?;/m0./s1. The second kappa shape index (κ2) is 7.99. The van der Waals surface area contributed by atoms with E-state index in [2.05, 4.69) is 0 Å². The molecule has 0 radical (unpaired) electrons. The summed E-state index contributed by atoms with van der Waals surface area (Å²) in [6.07, 6.45) is 0.347. The predicted octanol–water partition coefficient (Wildman–Crippen LogP) is 1.13. The molecule has 0 saturated carbocycles. The molecule has 0 aliphatic heterocycles. The molecule has 6 heteroatoms. The number of aliphatic carboxylic acids is 1. The van der Waals surface area contributed by atoms with E-state index in [4.69, 9.17) is 16.6 Å². The zero-order valence-electron chi connectivity index (χ0n) is 11.4. The molecule has 5 N–H and O–H groups in total. The predicted molar refractivity (Wildman–Crippen MR) is 79.8 cm³/mol. The van der Waals surface area contributed by atoms with E-state index in [1.54, 1.807) is 0 Å². The average Bonchev–Trinajstić information content (AvgIpc) is 2.36. The third-order valence-electron chi connectivity index (χ3n) is 3.06. The van der Waals surface area contributed by atoms with E-state index < -0.39 is 17.6 Å². The van der Waals surface area contributed by atoms with Gasteiger partial charge >= 0.3 is 5.97 Å². The first-order valence-corrected chi connectivity index (χ1v) is 6.17. The summed E-state index contributed by atoms with van der Waals surface area (Å²) in [5.41, 5.74) is 11.5. The third-order valence-corrected chi connectivity index (χ3v) is 3.06. The molecular formula is C14H21ClN2O3. The van der Waals surface area contributed by atoms with Crippen molar-refractivity contribution in [3.63, 3.8) is 0 Å². The Labute approximate surface area is 124 Å². The number of rotatable bonds is 7. The largest absolute Gasteiger partial charge is 0.481 e. The second-order valence-corrected chi connectivity index (χ2v) is 4.97. The van der Waals surface area contributed by atoms with Gasteiger partial charge in [-0.2, -0.15) is 0 Å². The van der Waals surface area contributed by atoms with Gasteiger partial charge in [-0.3, -0.25) is 9.59 Å². The van der Waals surface area contributed by atoms with Crippen LogP contribution in [0, 0.1) is 0 Å². The molecule has 0 heterocycles. The van der Waals surface area contributed by atoms with Crippen LogP contribution in [0.4, 0.5) is 0 Å². The van der Waals surface area contributed by atoms with E-state index in [1.807, 2.05) is 30.3 Å². The number of benzene rings is 1. The van der Waals surface area contributed by atoms with Gasteiger partial charge in [0.05, 0.1) is 11.6 Å². The zero-order valence-corrected chi connectivity index (χ0v) is 12.2. The van der Waals surface area contributed by atoms with E-state index in [-0.39, 0.29) is 31.0 Å². The van der Waals surface area contributed by atoms with E-state index in [9.17, 15) is 9.59 Å². The Morgan fingerprint density at radius 3 is 2.35 bits per heavy atom. The number of carboxylic acids is 1.